The molecule has 1 N–H and O–H groups in total. The van der Waals surface area contributed by atoms with Crippen LogP contribution in [0, 0.1) is 18.7 Å². The third-order valence-corrected chi connectivity index (χ3v) is 8.18. The lowest BCUT2D eigenvalue weighted by molar-refractivity contribution is -0.120. The number of benzene rings is 2. The number of sulfonamides is 1. The fourth-order valence-electron chi connectivity index (χ4n) is 3.85. The van der Waals surface area contributed by atoms with Crippen molar-refractivity contribution in [2.24, 2.45) is 5.92 Å². The molecule has 4 rings (SSSR count). The zero-order valence-electron chi connectivity index (χ0n) is 18.7. The number of nitrogens with zero attached hydrogens (tertiary/aromatic N) is 3. The number of carbonyl (C=O) groups is 1. The van der Waals surface area contributed by atoms with Crippen LogP contribution in [0.25, 0.3) is 11.4 Å². The van der Waals surface area contributed by atoms with Crippen LogP contribution in [0.4, 0.5) is 10.1 Å². The average Bonchev–Trinajstić information content (AvgIpc) is 3.31. The zero-order chi connectivity index (χ0) is 24.5. The highest BCUT2D eigenvalue weighted by molar-refractivity contribution is 7.89. The van der Waals surface area contributed by atoms with Crippen molar-refractivity contribution in [1.29, 1.82) is 0 Å². The van der Waals surface area contributed by atoms with Gasteiger partial charge in [0.2, 0.25) is 27.6 Å². The summed E-state index contributed by atoms with van der Waals surface area (Å²) in [5.41, 5.74) is 1.56. The molecule has 2 heterocycles. The van der Waals surface area contributed by atoms with Crippen LogP contribution in [0.5, 0.6) is 0 Å². The van der Waals surface area contributed by atoms with Gasteiger partial charge in [0.15, 0.2) is 0 Å². The molecule has 8 nitrogen and oxygen atoms in total. The van der Waals surface area contributed by atoms with E-state index in [-0.39, 0.29) is 34.8 Å². The molecule has 1 fully saturated rings. The van der Waals surface area contributed by atoms with Crippen LogP contribution in [0.1, 0.15) is 31.2 Å². The molecule has 0 aliphatic carbocycles. The number of aryl methyl sites for hydroxylation is 2. The molecule has 0 atom stereocenters. The number of hydrogen-bond acceptors (Lipinski definition) is 6. The smallest absolute Gasteiger partial charge is 0.243 e. The molecular formula is C23H24ClFN4O4S. The van der Waals surface area contributed by atoms with Gasteiger partial charge >= 0.3 is 0 Å². The predicted molar refractivity (Wildman–Crippen MR) is 125 cm³/mol. The maximum atomic E-state index is 13.4. The normalized spacial score (nSPS) is 15.4. The van der Waals surface area contributed by atoms with E-state index in [1.54, 1.807) is 25.1 Å². The first-order valence-corrected chi connectivity index (χ1v) is 12.7. The lowest BCUT2D eigenvalue weighted by Crippen LogP contribution is -2.41. The molecule has 1 aliphatic heterocycles. The lowest BCUT2D eigenvalue weighted by atomic mass is 9.97. The van der Waals surface area contributed by atoms with E-state index in [0.29, 0.717) is 47.8 Å². The van der Waals surface area contributed by atoms with Crippen molar-refractivity contribution >= 4 is 33.2 Å². The Morgan fingerprint density at radius 2 is 1.97 bits per heavy atom. The number of aromatic nitrogens is 2. The Hall–Kier alpha value is -2.82. The number of piperidine rings is 1. The van der Waals surface area contributed by atoms with E-state index >= 15 is 0 Å². The highest BCUT2D eigenvalue weighted by Crippen LogP contribution is 2.29. The summed E-state index contributed by atoms with van der Waals surface area (Å²) in [5.74, 6) is -0.369. The molecule has 1 aromatic heterocycles. The summed E-state index contributed by atoms with van der Waals surface area (Å²) in [4.78, 5) is 17.1. The second-order valence-electron chi connectivity index (χ2n) is 8.14. The summed E-state index contributed by atoms with van der Waals surface area (Å²) in [7, 11) is -3.78. The first kappa shape index (κ1) is 24.3. The van der Waals surface area contributed by atoms with Crippen molar-refractivity contribution in [2.75, 3.05) is 18.4 Å². The second-order valence-corrected chi connectivity index (χ2v) is 10.5. The quantitative estimate of drug-likeness (QED) is 0.530. The molecule has 34 heavy (non-hydrogen) atoms. The molecule has 1 amide bonds. The van der Waals surface area contributed by atoms with Crippen molar-refractivity contribution in [3.05, 3.63) is 58.7 Å². The Labute approximate surface area is 202 Å². The minimum atomic E-state index is -3.78. The molecule has 11 heteroatoms. The number of amides is 1. The number of nitrogens with one attached hydrogen (secondary N) is 1. The van der Waals surface area contributed by atoms with Gasteiger partial charge in [-0.2, -0.15) is 9.29 Å². The number of carbonyl (C=O) groups excluding carboxylic acids is 1. The monoisotopic (exact) mass is 506 g/mol. The summed E-state index contributed by atoms with van der Waals surface area (Å²) < 4.78 is 46.7. The van der Waals surface area contributed by atoms with Crippen molar-refractivity contribution in [3.63, 3.8) is 0 Å². The SMILES string of the molecule is CCc1nc(-c2ccc(C)c(S(=O)(=O)N3CCC(C(=O)Nc4ccc(F)c(Cl)c4)CC3)c2)no1. The van der Waals surface area contributed by atoms with Gasteiger partial charge < -0.3 is 9.84 Å². The second kappa shape index (κ2) is 9.81. The Balaban J connectivity index is 1.46. The van der Waals surface area contributed by atoms with Gasteiger partial charge in [0.05, 0.1) is 9.92 Å². The Morgan fingerprint density at radius 1 is 1.24 bits per heavy atom. The summed E-state index contributed by atoms with van der Waals surface area (Å²) in [6.45, 7) is 4.03. The first-order valence-electron chi connectivity index (χ1n) is 10.9. The van der Waals surface area contributed by atoms with Crippen molar-refractivity contribution < 1.29 is 22.1 Å². The van der Waals surface area contributed by atoms with Gasteiger partial charge in [-0.3, -0.25) is 4.79 Å². The fraction of sp³-hybridized carbons (Fsp3) is 0.348. The summed E-state index contributed by atoms with van der Waals surface area (Å²) >= 11 is 5.77. The molecule has 0 radical (unpaired) electrons. The molecule has 0 unspecified atom stereocenters. The van der Waals surface area contributed by atoms with E-state index < -0.39 is 15.8 Å². The fourth-order valence-corrected chi connectivity index (χ4v) is 5.75. The van der Waals surface area contributed by atoms with Gasteiger partial charge in [-0.1, -0.05) is 35.8 Å². The minimum absolute atomic E-state index is 0.0805. The van der Waals surface area contributed by atoms with Crippen molar-refractivity contribution in [3.8, 4) is 11.4 Å². The van der Waals surface area contributed by atoms with E-state index in [1.165, 1.54) is 22.5 Å². The van der Waals surface area contributed by atoms with Gasteiger partial charge in [0.25, 0.3) is 0 Å². The van der Waals surface area contributed by atoms with E-state index in [4.69, 9.17) is 16.1 Å². The van der Waals surface area contributed by atoms with Crippen LogP contribution in [0.3, 0.4) is 0 Å². The molecule has 0 saturated carbocycles. The average molecular weight is 507 g/mol. The summed E-state index contributed by atoms with van der Waals surface area (Å²) in [6, 6.07) is 9.00. The minimum Gasteiger partial charge on any atom is -0.339 e. The molecule has 180 valence electrons. The highest BCUT2D eigenvalue weighted by Gasteiger charge is 2.33. The van der Waals surface area contributed by atoms with Crippen molar-refractivity contribution in [2.45, 2.75) is 38.0 Å². The molecular weight excluding hydrogens is 483 g/mol. The van der Waals surface area contributed by atoms with Crippen LogP contribution in [-0.2, 0) is 21.2 Å². The Morgan fingerprint density at radius 3 is 2.62 bits per heavy atom. The van der Waals surface area contributed by atoms with E-state index in [0.717, 1.165) is 0 Å². The maximum Gasteiger partial charge on any atom is 0.243 e. The van der Waals surface area contributed by atoms with Gasteiger partial charge in [-0.05, 0) is 49.6 Å². The van der Waals surface area contributed by atoms with Crippen LogP contribution in [0.15, 0.2) is 45.8 Å². The molecule has 1 saturated heterocycles. The number of hydrogen-bond donors (Lipinski definition) is 1. The van der Waals surface area contributed by atoms with Gasteiger partial charge in [0.1, 0.15) is 5.82 Å². The number of anilines is 1. The van der Waals surface area contributed by atoms with E-state index in [1.807, 2.05) is 6.92 Å². The molecule has 3 aromatic rings. The standard InChI is InChI=1S/C23H24ClFN4O4S/c1-3-21-27-22(28-33-21)16-5-4-14(2)20(12-16)34(31,32)29-10-8-15(9-11-29)23(30)26-17-6-7-19(25)18(24)13-17/h4-7,12-13,15H,3,8-11H2,1-2H3,(H,26,30). The summed E-state index contributed by atoms with van der Waals surface area (Å²) in [6.07, 6.45) is 1.31. The first-order chi connectivity index (χ1) is 16.2. The van der Waals surface area contributed by atoms with Gasteiger partial charge in [0, 0.05) is 36.7 Å². The Bertz CT molecular complexity index is 1320. The maximum absolute atomic E-state index is 13.4. The third kappa shape index (κ3) is 4.98. The van der Waals surface area contributed by atoms with Crippen LogP contribution < -0.4 is 5.32 Å². The Kier molecular flexibility index (Phi) is 7.01. The molecule has 0 spiro atoms. The largest absolute Gasteiger partial charge is 0.339 e. The topological polar surface area (TPSA) is 105 Å². The van der Waals surface area contributed by atoms with E-state index in [9.17, 15) is 17.6 Å². The lowest BCUT2D eigenvalue weighted by Gasteiger charge is -2.31. The van der Waals surface area contributed by atoms with Crippen LogP contribution in [-0.4, -0.2) is 41.9 Å². The van der Waals surface area contributed by atoms with Crippen LogP contribution in [0.2, 0.25) is 5.02 Å². The number of rotatable bonds is 6. The third-order valence-electron chi connectivity index (χ3n) is 5.85. The predicted octanol–water partition coefficient (Wildman–Crippen LogP) is 4.44. The molecule has 2 aromatic carbocycles. The zero-order valence-corrected chi connectivity index (χ0v) is 20.3. The molecule has 1 aliphatic rings. The van der Waals surface area contributed by atoms with E-state index in [2.05, 4.69) is 15.5 Å². The highest BCUT2D eigenvalue weighted by atomic mass is 35.5. The molecule has 0 bridgehead atoms. The number of halogens is 2. The van der Waals surface area contributed by atoms with Crippen molar-refractivity contribution in [1.82, 2.24) is 14.4 Å². The summed E-state index contributed by atoms with van der Waals surface area (Å²) in [5, 5.41) is 6.57. The van der Waals surface area contributed by atoms with Gasteiger partial charge in [-0.15, -0.1) is 0 Å². The van der Waals surface area contributed by atoms with Crippen LogP contribution >= 0.6 is 11.6 Å². The van der Waals surface area contributed by atoms with Gasteiger partial charge in [-0.25, -0.2) is 12.8 Å².